The normalized spacial score (nSPS) is 25.3. The molecule has 0 saturated heterocycles. The lowest BCUT2D eigenvalue weighted by atomic mass is 9.84. The van der Waals surface area contributed by atoms with E-state index in [0.29, 0.717) is 12.0 Å². The van der Waals surface area contributed by atoms with Crippen LogP contribution in [0.2, 0.25) is 0 Å². The van der Waals surface area contributed by atoms with Crippen molar-refractivity contribution in [2.75, 3.05) is 6.54 Å². The highest BCUT2D eigenvalue weighted by Crippen LogP contribution is 2.40. The van der Waals surface area contributed by atoms with Gasteiger partial charge in [-0.05, 0) is 55.0 Å². The van der Waals surface area contributed by atoms with Gasteiger partial charge in [-0.2, -0.15) is 0 Å². The molecule has 0 radical (unpaired) electrons. The number of hydrogen-bond acceptors (Lipinski definition) is 1. The molecule has 1 aromatic rings. The Hall–Kier alpha value is -0.890. The van der Waals surface area contributed by atoms with Crippen LogP contribution in [0.1, 0.15) is 50.3 Å². The molecule has 2 heteroatoms. The molecule has 1 nitrogen and oxygen atoms in total. The summed E-state index contributed by atoms with van der Waals surface area (Å²) in [7, 11) is 0. The Kier molecular flexibility index (Phi) is 4.39. The first-order valence-electron chi connectivity index (χ1n) is 7.13. The van der Waals surface area contributed by atoms with E-state index in [-0.39, 0.29) is 5.82 Å². The summed E-state index contributed by atoms with van der Waals surface area (Å²) in [5.74, 6) is 1.32. The van der Waals surface area contributed by atoms with Gasteiger partial charge in [0.15, 0.2) is 0 Å². The maximum Gasteiger partial charge on any atom is 0.123 e. The lowest BCUT2D eigenvalue weighted by Gasteiger charge is -2.29. The first kappa shape index (κ1) is 13.5. The second-order valence-electron chi connectivity index (χ2n) is 5.61. The van der Waals surface area contributed by atoms with Gasteiger partial charge >= 0.3 is 0 Å². The fraction of sp³-hybridized carbons (Fsp3) is 0.625. The summed E-state index contributed by atoms with van der Waals surface area (Å²) in [6.07, 6.45) is 3.94. The lowest BCUT2D eigenvalue weighted by molar-refractivity contribution is 0.304. The third-order valence-corrected chi connectivity index (χ3v) is 4.35. The van der Waals surface area contributed by atoms with Crippen LogP contribution in [0.25, 0.3) is 0 Å². The predicted octanol–water partition coefficient (Wildman–Crippen LogP) is 4.22. The zero-order valence-corrected chi connectivity index (χ0v) is 11.7. The van der Waals surface area contributed by atoms with Crippen LogP contribution in [-0.2, 0) is 0 Å². The van der Waals surface area contributed by atoms with E-state index in [1.807, 2.05) is 13.0 Å². The van der Waals surface area contributed by atoms with Crippen LogP contribution in [-0.4, -0.2) is 6.54 Å². The standard InChI is InChI=1S/C16H24FN/c1-4-18-16(14-7-5-6-11(14)2)15-9-8-13(17)10-12(15)3/h8-11,14,16,18H,4-7H2,1-3H3. The largest absolute Gasteiger partial charge is 0.310 e. The monoisotopic (exact) mass is 249 g/mol. The van der Waals surface area contributed by atoms with Gasteiger partial charge in [0.25, 0.3) is 0 Å². The molecule has 0 bridgehead atoms. The number of hydrogen-bond donors (Lipinski definition) is 1. The Morgan fingerprint density at radius 3 is 2.72 bits per heavy atom. The molecule has 1 aliphatic rings. The van der Waals surface area contributed by atoms with Crippen LogP contribution in [0.5, 0.6) is 0 Å². The van der Waals surface area contributed by atoms with Gasteiger partial charge < -0.3 is 5.32 Å². The fourth-order valence-electron chi connectivity index (χ4n) is 3.37. The Balaban J connectivity index is 2.28. The summed E-state index contributed by atoms with van der Waals surface area (Å²) in [5, 5.41) is 3.61. The van der Waals surface area contributed by atoms with E-state index >= 15 is 0 Å². The molecule has 1 fully saturated rings. The molecule has 100 valence electrons. The minimum Gasteiger partial charge on any atom is -0.310 e. The maximum absolute atomic E-state index is 13.2. The van der Waals surface area contributed by atoms with Crippen LogP contribution in [0, 0.1) is 24.6 Å². The van der Waals surface area contributed by atoms with Crippen molar-refractivity contribution in [1.82, 2.24) is 5.32 Å². The molecule has 0 amide bonds. The Morgan fingerprint density at radius 2 is 2.17 bits per heavy atom. The number of aryl methyl sites for hydroxylation is 1. The SMILES string of the molecule is CCNC(c1ccc(F)cc1C)C1CCCC1C. The van der Waals surface area contributed by atoms with Crippen LogP contribution >= 0.6 is 0 Å². The van der Waals surface area contributed by atoms with Crippen LogP contribution in [0.4, 0.5) is 4.39 Å². The van der Waals surface area contributed by atoms with E-state index in [0.717, 1.165) is 18.0 Å². The van der Waals surface area contributed by atoms with Crippen molar-refractivity contribution < 1.29 is 4.39 Å². The number of rotatable bonds is 4. The molecule has 0 heterocycles. The van der Waals surface area contributed by atoms with Crippen molar-refractivity contribution in [1.29, 1.82) is 0 Å². The van der Waals surface area contributed by atoms with Gasteiger partial charge in [-0.25, -0.2) is 4.39 Å². The zero-order valence-electron chi connectivity index (χ0n) is 11.7. The summed E-state index contributed by atoms with van der Waals surface area (Å²) in [5.41, 5.74) is 2.34. The summed E-state index contributed by atoms with van der Waals surface area (Å²) in [6.45, 7) is 7.47. The predicted molar refractivity (Wildman–Crippen MR) is 74.1 cm³/mol. The first-order valence-corrected chi connectivity index (χ1v) is 7.13. The van der Waals surface area contributed by atoms with Crippen LogP contribution in [0.3, 0.4) is 0 Å². The lowest BCUT2D eigenvalue weighted by Crippen LogP contribution is -2.30. The number of halogens is 1. The van der Waals surface area contributed by atoms with Crippen LogP contribution < -0.4 is 5.32 Å². The maximum atomic E-state index is 13.2. The van der Waals surface area contributed by atoms with E-state index in [2.05, 4.69) is 19.2 Å². The minimum atomic E-state index is -0.133. The van der Waals surface area contributed by atoms with E-state index in [1.54, 1.807) is 12.1 Å². The Labute approximate surface area is 110 Å². The average molecular weight is 249 g/mol. The third kappa shape index (κ3) is 2.74. The molecule has 0 aliphatic heterocycles. The molecule has 3 unspecified atom stereocenters. The molecule has 0 spiro atoms. The van der Waals surface area contributed by atoms with Crippen molar-refractivity contribution in [3.05, 3.63) is 35.1 Å². The van der Waals surface area contributed by atoms with E-state index in [9.17, 15) is 4.39 Å². The highest BCUT2D eigenvalue weighted by molar-refractivity contribution is 5.30. The fourth-order valence-corrected chi connectivity index (χ4v) is 3.37. The van der Waals surface area contributed by atoms with E-state index in [1.165, 1.54) is 24.8 Å². The topological polar surface area (TPSA) is 12.0 Å². The molecule has 18 heavy (non-hydrogen) atoms. The summed E-state index contributed by atoms with van der Waals surface area (Å²) in [6, 6.07) is 5.59. The minimum absolute atomic E-state index is 0.133. The summed E-state index contributed by atoms with van der Waals surface area (Å²) < 4.78 is 13.2. The summed E-state index contributed by atoms with van der Waals surface area (Å²) in [4.78, 5) is 0. The van der Waals surface area contributed by atoms with E-state index in [4.69, 9.17) is 0 Å². The molecule has 1 aromatic carbocycles. The van der Waals surface area contributed by atoms with E-state index < -0.39 is 0 Å². The summed E-state index contributed by atoms with van der Waals surface area (Å²) >= 11 is 0. The third-order valence-electron chi connectivity index (χ3n) is 4.35. The van der Waals surface area contributed by atoms with Crippen LogP contribution in [0.15, 0.2) is 18.2 Å². The quantitative estimate of drug-likeness (QED) is 0.842. The van der Waals surface area contributed by atoms with Crippen molar-refractivity contribution in [3.63, 3.8) is 0 Å². The highest BCUT2D eigenvalue weighted by atomic mass is 19.1. The van der Waals surface area contributed by atoms with Gasteiger partial charge in [0.2, 0.25) is 0 Å². The second-order valence-corrected chi connectivity index (χ2v) is 5.61. The van der Waals surface area contributed by atoms with Crippen molar-refractivity contribution in [2.45, 2.75) is 46.1 Å². The molecular weight excluding hydrogens is 225 g/mol. The number of benzene rings is 1. The Bertz CT molecular complexity index is 402. The molecule has 1 aliphatic carbocycles. The zero-order chi connectivity index (χ0) is 13.1. The van der Waals surface area contributed by atoms with Crippen molar-refractivity contribution >= 4 is 0 Å². The highest BCUT2D eigenvalue weighted by Gasteiger charge is 2.31. The van der Waals surface area contributed by atoms with Gasteiger partial charge in [-0.1, -0.05) is 32.8 Å². The average Bonchev–Trinajstić information content (AvgIpc) is 2.73. The molecular formula is C16H24FN. The number of nitrogens with one attached hydrogen (secondary N) is 1. The smallest absolute Gasteiger partial charge is 0.123 e. The molecule has 1 saturated carbocycles. The molecule has 1 N–H and O–H groups in total. The van der Waals surface area contributed by atoms with Gasteiger partial charge in [0.05, 0.1) is 0 Å². The van der Waals surface area contributed by atoms with Gasteiger partial charge in [-0.15, -0.1) is 0 Å². The molecule has 3 atom stereocenters. The van der Waals surface area contributed by atoms with Crippen molar-refractivity contribution in [3.8, 4) is 0 Å². The second kappa shape index (κ2) is 5.83. The Morgan fingerprint density at radius 1 is 1.39 bits per heavy atom. The molecule has 2 rings (SSSR count). The first-order chi connectivity index (χ1) is 8.63. The molecule has 0 aromatic heterocycles. The van der Waals surface area contributed by atoms with Gasteiger partial charge in [-0.3, -0.25) is 0 Å². The van der Waals surface area contributed by atoms with Crippen molar-refractivity contribution in [2.24, 2.45) is 11.8 Å². The van der Waals surface area contributed by atoms with Gasteiger partial charge in [0.1, 0.15) is 5.82 Å². The van der Waals surface area contributed by atoms with Gasteiger partial charge in [0, 0.05) is 6.04 Å².